The van der Waals surface area contributed by atoms with Crippen molar-refractivity contribution in [3.63, 3.8) is 0 Å². The van der Waals surface area contributed by atoms with Gasteiger partial charge in [-0.05, 0) is 12.1 Å². The summed E-state index contributed by atoms with van der Waals surface area (Å²) in [4.78, 5) is 5.11. The average molecular weight is 140 g/mol. The van der Waals surface area contributed by atoms with E-state index in [1.807, 2.05) is 16.7 Å². The lowest BCUT2D eigenvalue weighted by molar-refractivity contribution is 0.293. The van der Waals surface area contributed by atoms with Crippen LogP contribution in [0.15, 0.2) is 18.3 Å². The van der Waals surface area contributed by atoms with Crippen LogP contribution in [0, 0.1) is 0 Å². The topological polar surface area (TPSA) is 20.5 Å². The molecule has 0 radical (unpaired) electrons. The summed E-state index contributed by atoms with van der Waals surface area (Å²) in [7, 11) is 0. The number of fused-ring (bicyclic) bond motifs is 3. The second-order valence-electron chi connectivity index (χ2n) is 2.08. The van der Waals surface area contributed by atoms with Crippen LogP contribution in [0.5, 0.6) is 0 Å². The molecule has 9 heavy (non-hydrogen) atoms. The molecule has 3 nitrogen and oxygen atoms in total. The zero-order valence-corrected chi connectivity index (χ0v) is 5.34. The quantitative estimate of drug-likeness (QED) is 0.398. The highest BCUT2D eigenvalue weighted by atomic mass is 32.2. The third-order valence-electron chi connectivity index (χ3n) is 1.51. The number of aromatic nitrogens is 1. The van der Waals surface area contributed by atoms with Crippen molar-refractivity contribution in [3.05, 3.63) is 24.0 Å². The molecule has 46 valence electrons. The maximum atomic E-state index is 5.11. The Balaban J connectivity index is 2.25. The first kappa shape index (κ1) is 4.38. The molecule has 1 saturated heterocycles. The van der Waals surface area contributed by atoms with Gasteiger partial charge in [0.15, 0.2) is 0 Å². The van der Waals surface area contributed by atoms with Crippen LogP contribution in [0.3, 0.4) is 0 Å². The van der Waals surface area contributed by atoms with Crippen LogP contribution in [-0.4, -0.2) is 8.44 Å². The van der Waals surface area contributed by atoms with Crippen molar-refractivity contribution in [2.75, 3.05) is 0 Å². The Kier molecular flexibility index (Phi) is 0.575. The van der Waals surface area contributed by atoms with Crippen molar-refractivity contribution >= 4 is 12.1 Å². The minimum atomic E-state index is 0.255. The highest BCUT2D eigenvalue weighted by Gasteiger charge is 2.47. The molecule has 1 fully saturated rings. The Bertz CT molecular complexity index is 259. The van der Waals surface area contributed by atoms with E-state index in [9.17, 15) is 0 Å². The van der Waals surface area contributed by atoms with Crippen molar-refractivity contribution in [1.82, 2.24) is 8.44 Å². The van der Waals surface area contributed by atoms with Crippen LogP contribution < -0.4 is 0 Å². The van der Waals surface area contributed by atoms with Gasteiger partial charge in [0.05, 0.1) is 17.8 Å². The van der Waals surface area contributed by atoms with Gasteiger partial charge in [-0.3, -0.25) is 8.81 Å². The Hall–Kier alpha value is -0.450. The van der Waals surface area contributed by atoms with Crippen molar-refractivity contribution in [1.29, 1.82) is 0 Å². The van der Waals surface area contributed by atoms with Crippen LogP contribution in [0.4, 0.5) is 0 Å². The molecule has 1 aromatic heterocycles. The van der Waals surface area contributed by atoms with E-state index in [4.69, 9.17) is 4.84 Å². The molecular weight excluding hydrogens is 136 g/mol. The van der Waals surface area contributed by atoms with E-state index in [0.29, 0.717) is 0 Å². The molecule has 0 saturated carbocycles. The fraction of sp³-hybridized carbons (Fsp3) is 0.200. The highest BCUT2D eigenvalue weighted by Crippen LogP contribution is 2.50. The van der Waals surface area contributed by atoms with Gasteiger partial charge in [0.1, 0.15) is 0 Å². The molecule has 0 aromatic carbocycles. The molecule has 0 spiro atoms. The second kappa shape index (κ2) is 1.18. The van der Waals surface area contributed by atoms with Crippen molar-refractivity contribution in [2.24, 2.45) is 0 Å². The summed E-state index contributed by atoms with van der Waals surface area (Å²) in [6, 6.07) is 4.10. The zero-order valence-electron chi connectivity index (χ0n) is 4.52. The molecule has 3 rings (SSSR count). The number of nitrogens with zero attached hydrogens (tertiary/aromatic N) is 2. The zero-order chi connectivity index (χ0) is 5.84. The highest BCUT2D eigenvalue weighted by molar-refractivity contribution is 7.95. The van der Waals surface area contributed by atoms with Crippen molar-refractivity contribution in [3.8, 4) is 0 Å². The first-order valence-corrected chi connectivity index (χ1v) is 3.50. The van der Waals surface area contributed by atoms with E-state index in [1.54, 1.807) is 12.1 Å². The number of hydroxylamine groups is 1. The lowest BCUT2D eigenvalue weighted by Gasteiger charge is -1.93. The number of hydrogen-bond donors (Lipinski definition) is 0. The van der Waals surface area contributed by atoms with Crippen molar-refractivity contribution in [2.45, 2.75) is 6.23 Å². The Morgan fingerprint density at radius 3 is 3.56 bits per heavy atom. The normalized spacial score (nSPS) is 36.0. The van der Waals surface area contributed by atoms with Gasteiger partial charge < -0.3 is 0 Å². The third-order valence-corrected chi connectivity index (χ3v) is 2.46. The molecule has 2 atom stereocenters. The molecule has 3 heterocycles. The second-order valence-corrected chi connectivity index (χ2v) is 3.00. The molecule has 4 heteroatoms. The van der Waals surface area contributed by atoms with Gasteiger partial charge in [-0.2, -0.15) is 0 Å². The van der Waals surface area contributed by atoms with Gasteiger partial charge in [-0.25, -0.2) is 0 Å². The fourth-order valence-electron chi connectivity index (χ4n) is 1.03. The van der Waals surface area contributed by atoms with Gasteiger partial charge in [-0.1, -0.05) is 4.47 Å². The van der Waals surface area contributed by atoms with E-state index >= 15 is 0 Å². The molecular formula is C5H4N2OS. The predicted molar refractivity (Wildman–Crippen MR) is 33.1 cm³/mol. The molecule has 0 aliphatic carbocycles. The predicted octanol–water partition coefficient (Wildman–Crippen LogP) is 1.16. The summed E-state index contributed by atoms with van der Waals surface area (Å²) in [5.74, 6) is 0. The Morgan fingerprint density at radius 1 is 1.67 bits per heavy atom. The Morgan fingerprint density at radius 2 is 2.67 bits per heavy atom. The summed E-state index contributed by atoms with van der Waals surface area (Å²) in [6.45, 7) is 0. The van der Waals surface area contributed by atoms with Crippen molar-refractivity contribution < 1.29 is 4.84 Å². The lowest BCUT2D eigenvalue weighted by atomic mass is 10.4. The molecule has 1 aromatic rings. The van der Waals surface area contributed by atoms with Gasteiger partial charge in [0, 0.05) is 6.20 Å². The van der Waals surface area contributed by atoms with Gasteiger partial charge >= 0.3 is 0 Å². The molecule has 0 bridgehead atoms. The number of rotatable bonds is 0. The number of hydrogen-bond acceptors (Lipinski definition) is 3. The maximum Gasteiger partial charge on any atom is 0.209 e. The van der Waals surface area contributed by atoms with Crippen LogP contribution in [-0.2, 0) is 4.84 Å². The average Bonchev–Trinajstić information content (AvgIpc) is 2.38. The van der Waals surface area contributed by atoms with Crippen LogP contribution in [0.25, 0.3) is 0 Å². The van der Waals surface area contributed by atoms with E-state index in [2.05, 4.69) is 10.0 Å². The summed E-state index contributed by atoms with van der Waals surface area (Å²) < 4.78 is 3.98. The summed E-state index contributed by atoms with van der Waals surface area (Å²) in [5, 5.41) is 0. The molecule has 2 unspecified atom stereocenters. The summed E-state index contributed by atoms with van der Waals surface area (Å²) in [5.41, 5.74) is 1.25. The first-order chi connectivity index (χ1) is 4.45. The minimum Gasteiger partial charge on any atom is -0.277 e. The van der Waals surface area contributed by atoms with Crippen LogP contribution in [0.2, 0.25) is 0 Å². The smallest absolute Gasteiger partial charge is 0.209 e. The summed E-state index contributed by atoms with van der Waals surface area (Å²) >= 11 is 1.60. The van der Waals surface area contributed by atoms with E-state index in [-0.39, 0.29) is 6.23 Å². The van der Waals surface area contributed by atoms with Crippen LogP contribution >= 0.6 is 12.1 Å². The third kappa shape index (κ3) is 0.419. The monoisotopic (exact) mass is 140 g/mol. The minimum absolute atomic E-state index is 0.255. The largest absolute Gasteiger partial charge is 0.277 e. The Labute approximate surface area is 56.4 Å². The molecule has 2 aliphatic heterocycles. The van der Waals surface area contributed by atoms with Crippen LogP contribution in [0.1, 0.15) is 11.9 Å². The fourth-order valence-corrected chi connectivity index (χ4v) is 1.88. The lowest BCUT2D eigenvalue weighted by Crippen LogP contribution is -1.84. The first-order valence-electron chi connectivity index (χ1n) is 2.77. The molecule has 2 aliphatic rings. The molecule has 0 amide bonds. The molecule has 0 N–H and O–H groups in total. The van der Waals surface area contributed by atoms with Gasteiger partial charge in [-0.15, -0.1) is 0 Å². The van der Waals surface area contributed by atoms with E-state index in [1.165, 1.54) is 5.69 Å². The standard InChI is InChI=1S/C5H4N2OS/c1-2-4-5-7(8-5)9-6(4)3-1/h1-3,5H. The SMILES string of the molecule is c1cc2n(c1)SN1OC21. The van der Waals surface area contributed by atoms with E-state index < -0.39 is 0 Å². The maximum absolute atomic E-state index is 5.11. The summed E-state index contributed by atoms with van der Waals surface area (Å²) in [6.07, 6.45) is 2.29. The van der Waals surface area contributed by atoms with E-state index in [0.717, 1.165) is 0 Å². The van der Waals surface area contributed by atoms with Gasteiger partial charge in [0.25, 0.3) is 0 Å². The van der Waals surface area contributed by atoms with Gasteiger partial charge in [0.2, 0.25) is 6.23 Å².